The molecule has 2 aromatic carbocycles. The van der Waals surface area contributed by atoms with Crippen molar-refractivity contribution in [2.75, 3.05) is 11.5 Å². The molecule has 0 aromatic heterocycles. The molecule has 0 amide bonds. The fraction of sp³-hybridized carbons (Fsp3) is 0.200. The van der Waals surface area contributed by atoms with Crippen molar-refractivity contribution in [2.24, 2.45) is 0 Å². The highest BCUT2D eigenvalue weighted by atomic mass is 16.6. The van der Waals surface area contributed by atoms with Crippen LogP contribution in [0.2, 0.25) is 0 Å². The molecule has 0 radical (unpaired) electrons. The lowest BCUT2D eigenvalue weighted by atomic mass is 9.96. The average molecular weight is 269 g/mol. The van der Waals surface area contributed by atoms with Gasteiger partial charge in [0.2, 0.25) is 0 Å². The standard InChI is InChI=1S/C15H15N3O2/c16-10-5-7-14(17)13(8-10)12-6-4-9-2-1-3-11(9)15(12)18(19)20/h4-8H,1-3,16-17H2. The first kappa shape index (κ1) is 12.5. The molecular weight excluding hydrogens is 254 g/mol. The predicted octanol–water partition coefficient (Wildman–Crippen LogP) is 2.91. The Morgan fingerprint density at radius 1 is 1.05 bits per heavy atom. The van der Waals surface area contributed by atoms with Gasteiger partial charge in [0, 0.05) is 22.5 Å². The van der Waals surface area contributed by atoms with E-state index >= 15 is 0 Å². The molecule has 0 heterocycles. The summed E-state index contributed by atoms with van der Waals surface area (Å²) in [6.45, 7) is 0. The maximum absolute atomic E-state index is 11.5. The third-order valence-electron chi connectivity index (χ3n) is 3.80. The first-order chi connectivity index (χ1) is 9.58. The number of rotatable bonds is 2. The summed E-state index contributed by atoms with van der Waals surface area (Å²) in [6.07, 6.45) is 2.62. The van der Waals surface area contributed by atoms with Crippen molar-refractivity contribution in [3.63, 3.8) is 0 Å². The zero-order valence-electron chi connectivity index (χ0n) is 10.9. The Balaban J connectivity index is 2.29. The summed E-state index contributed by atoms with van der Waals surface area (Å²) in [4.78, 5) is 11.2. The van der Waals surface area contributed by atoms with Gasteiger partial charge in [0.05, 0.1) is 10.5 Å². The van der Waals surface area contributed by atoms with Crippen molar-refractivity contribution < 1.29 is 4.92 Å². The molecule has 5 heteroatoms. The number of hydrogen-bond donors (Lipinski definition) is 2. The van der Waals surface area contributed by atoms with E-state index in [4.69, 9.17) is 11.5 Å². The third-order valence-corrected chi connectivity index (χ3v) is 3.80. The van der Waals surface area contributed by atoms with Crippen molar-refractivity contribution in [3.05, 3.63) is 51.6 Å². The number of nitro benzene ring substituents is 1. The summed E-state index contributed by atoms with van der Waals surface area (Å²) in [6, 6.07) is 8.82. The second-order valence-electron chi connectivity index (χ2n) is 5.06. The van der Waals surface area contributed by atoms with E-state index in [0.717, 1.165) is 30.4 Å². The first-order valence-electron chi connectivity index (χ1n) is 6.52. The molecule has 0 unspecified atom stereocenters. The number of fused-ring (bicyclic) bond motifs is 1. The third kappa shape index (κ3) is 1.87. The number of nitrogen functional groups attached to an aromatic ring is 2. The average Bonchev–Trinajstić information content (AvgIpc) is 2.88. The number of anilines is 2. The summed E-state index contributed by atoms with van der Waals surface area (Å²) in [5, 5.41) is 11.5. The van der Waals surface area contributed by atoms with Crippen molar-refractivity contribution in [1.82, 2.24) is 0 Å². The number of benzene rings is 2. The van der Waals surface area contributed by atoms with Crippen LogP contribution in [0, 0.1) is 10.1 Å². The van der Waals surface area contributed by atoms with Gasteiger partial charge in [-0.2, -0.15) is 0 Å². The van der Waals surface area contributed by atoms with Crippen LogP contribution in [0.3, 0.4) is 0 Å². The summed E-state index contributed by atoms with van der Waals surface area (Å²) in [7, 11) is 0. The molecule has 0 saturated heterocycles. The van der Waals surface area contributed by atoms with Gasteiger partial charge in [0.25, 0.3) is 5.69 Å². The minimum Gasteiger partial charge on any atom is -0.399 e. The second kappa shape index (κ2) is 4.52. The van der Waals surface area contributed by atoms with Crippen LogP contribution in [0.4, 0.5) is 17.1 Å². The Morgan fingerprint density at radius 3 is 2.60 bits per heavy atom. The molecule has 102 valence electrons. The van der Waals surface area contributed by atoms with Crippen molar-refractivity contribution >= 4 is 17.1 Å². The zero-order valence-corrected chi connectivity index (χ0v) is 10.9. The number of hydrogen-bond acceptors (Lipinski definition) is 4. The molecular formula is C15H15N3O2. The van der Waals surface area contributed by atoms with E-state index in [1.165, 1.54) is 0 Å². The Morgan fingerprint density at radius 2 is 1.85 bits per heavy atom. The minimum atomic E-state index is -0.303. The van der Waals surface area contributed by atoms with Gasteiger partial charge in [-0.3, -0.25) is 10.1 Å². The van der Waals surface area contributed by atoms with E-state index in [1.54, 1.807) is 24.3 Å². The van der Waals surface area contributed by atoms with Gasteiger partial charge >= 0.3 is 0 Å². The monoisotopic (exact) mass is 269 g/mol. The molecule has 0 aliphatic heterocycles. The molecule has 2 aromatic rings. The molecule has 1 aliphatic carbocycles. The molecule has 0 fully saturated rings. The molecule has 0 bridgehead atoms. The van der Waals surface area contributed by atoms with Crippen molar-refractivity contribution in [3.8, 4) is 11.1 Å². The highest BCUT2D eigenvalue weighted by Crippen LogP contribution is 2.41. The quantitative estimate of drug-likeness (QED) is 0.497. The van der Waals surface area contributed by atoms with Gasteiger partial charge < -0.3 is 11.5 Å². The van der Waals surface area contributed by atoms with E-state index in [1.807, 2.05) is 6.07 Å². The fourth-order valence-electron chi connectivity index (χ4n) is 2.88. The number of nitro groups is 1. The van der Waals surface area contributed by atoms with E-state index in [0.29, 0.717) is 22.5 Å². The van der Waals surface area contributed by atoms with Gasteiger partial charge in [-0.1, -0.05) is 6.07 Å². The number of nitrogens with zero attached hydrogens (tertiary/aromatic N) is 1. The minimum absolute atomic E-state index is 0.178. The number of nitrogens with two attached hydrogens (primary N) is 2. The van der Waals surface area contributed by atoms with Crippen molar-refractivity contribution in [1.29, 1.82) is 0 Å². The maximum Gasteiger partial charge on any atom is 0.280 e. The van der Waals surface area contributed by atoms with Gasteiger partial charge in [0.15, 0.2) is 0 Å². The fourth-order valence-corrected chi connectivity index (χ4v) is 2.88. The predicted molar refractivity (Wildman–Crippen MR) is 79.4 cm³/mol. The lowest BCUT2D eigenvalue weighted by Gasteiger charge is -2.10. The van der Waals surface area contributed by atoms with Crippen LogP contribution >= 0.6 is 0 Å². The summed E-state index contributed by atoms with van der Waals surface area (Å²) in [5.41, 5.74) is 16.1. The molecule has 0 saturated carbocycles. The van der Waals surface area contributed by atoms with Crippen LogP contribution in [-0.2, 0) is 12.8 Å². The molecule has 20 heavy (non-hydrogen) atoms. The Labute approximate surface area is 116 Å². The van der Waals surface area contributed by atoms with Gasteiger partial charge in [-0.05, 0) is 49.1 Å². The molecule has 1 aliphatic rings. The molecule has 0 atom stereocenters. The van der Waals surface area contributed by atoms with E-state index in [9.17, 15) is 10.1 Å². The second-order valence-corrected chi connectivity index (χ2v) is 5.06. The molecule has 4 N–H and O–H groups in total. The van der Waals surface area contributed by atoms with E-state index in [-0.39, 0.29) is 10.6 Å². The summed E-state index contributed by atoms with van der Waals surface area (Å²) < 4.78 is 0. The zero-order chi connectivity index (χ0) is 14.3. The van der Waals surface area contributed by atoms with E-state index < -0.39 is 0 Å². The van der Waals surface area contributed by atoms with Crippen LogP contribution in [0.1, 0.15) is 17.5 Å². The molecule has 3 rings (SSSR count). The van der Waals surface area contributed by atoms with Crippen LogP contribution in [0.15, 0.2) is 30.3 Å². The first-order valence-corrected chi connectivity index (χ1v) is 6.52. The normalized spacial score (nSPS) is 13.2. The van der Waals surface area contributed by atoms with Crippen LogP contribution in [-0.4, -0.2) is 4.92 Å². The summed E-state index contributed by atoms with van der Waals surface area (Å²) >= 11 is 0. The van der Waals surface area contributed by atoms with E-state index in [2.05, 4.69) is 0 Å². The topological polar surface area (TPSA) is 95.2 Å². The van der Waals surface area contributed by atoms with Crippen LogP contribution in [0.5, 0.6) is 0 Å². The van der Waals surface area contributed by atoms with Crippen molar-refractivity contribution in [2.45, 2.75) is 19.3 Å². The largest absolute Gasteiger partial charge is 0.399 e. The van der Waals surface area contributed by atoms with Gasteiger partial charge in [-0.25, -0.2) is 0 Å². The van der Waals surface area contributed by atoms with Crippen LogP contribution < -0.4 is 11.5 Å². The van der Waals surface area contributed by atoms with Gasteiger partial charge in [-0.15, -0.1) is 0 Å². The number of aryl methyl sites for hydroxylation is 1. The highest BCUT2D eigenvalue weighted by molar-refractivity contribution is 5.86. The van der Waals surface area contributed by atoms with Gasteiger partial charge in [0.1, 0.15) is 0 Å². The lowest BCUT2D eigenvalue weighted by Crippen LogP contribution is -2.00. The smallest absolute Gasteiger partial charge is 0.280 e. The summed E-state index contributed by atoms with van der Waals surface area (Å²) in [5.74, 6) is 0. The van der Waals surface area contributed by atoms with Crippen LogP contribution in [0.25, 0.3) is 11.1 Å². The highest BCUT2D eigenvalue weighted by Gasteiger charge is 2.27. The Hall–Kier alpha value is -2.56. The molecule has 5 nitrogen and oxygen atoms in total. The molecule has 0 spiro atoms. The lowest BCUT2D eigenvalue weighted by molar-refractivity contribution is -0.384. The Kier molecular flexibility index (Phi) is 2.82. The SMILES string of the molecule is Nc1ccc(N)c(-c2ccc3c(c2[N+](=O)[O-])CCC3)c1. The Bertz CT molecular complexity index is 711. The maximum atomic E-state index is 11.5.